The monoisotopic (exact) mass is 535 g/mol. The molecule has 4 N–H and O–H groups in total. The van der Waals surface area contributed by atoms with Crippen LogP contribution in [0.4, 0.5) is 14.5 Å². The van der Waals surface area contributed by atoms with Crippen LogP contribution in [-0.2, 0) is 10.4 Å². The molecule has 0 aliphatic heterocycles. The van der Waals surface area contributed by atoms with Crippen LogP contribution in [0.1, 0.15) is 54.2 Å². The molecule has 1 aliphatic rings. The van der Waals surface area contributed by atoms with Gasteiger partial charge in [-0.25, -0.2) is 14.0 Å². The van der Waals surface area contributed by atoms with Gasteiger partial charge in [0.05, 0.1) is 4.91 Å². The van der Waals surface area contributed by atoms with Gasteiger partial charge >= 0.3 is 16.1 Å². The lowest BCUT2D eigenvalue weighted by Gasteiger charge is -2.31. The summed E-state index contributed by atoms with van der Waals surface area (Å²) in [6, 6.07) is 20.5. The number of nitrogens with one attached hydrogen (secondary N) is 1. The van der Waals surface area contributed by atoms with Crippen LogP contribution in [0, 0.1) is 16.5 Å². The van der Waals surface area contributed by atoms with Gasteiger partial charge in [0.15, 0.2) is 0 Å². The second-order valence-electron chi connectivity index (χ2n) is 8.92. The Morgan fingerprint density at radius 3 is 1.65 bits per heavy atom. The van der Waals surface area contributed by atoms with Gasteiger partial charge < -0.3 is 5.32 Å². The van der Waals surface area contributed by atoms with Crippen LogP contribution >= 0.6 is 0 Å². The van der Waals surface area contributed by atoms with Gasteiger partial charge in [0, 0.05) is 30.6 Å². The van der Waals surface area contributed by atoms with Gasteiger partial charge in [0.2, 0.25) is 0 Å². The molecule has 0 unspecified atom stereocenters. The molecular formula is C26H29F2N2O6S+. The van der Waals surface area contributed by atoms with E-state index in [0.29, 0.717) is 18.5 Å². The standard InChI is InChI=1S/C26H27F2N2O2.H2O4S/c27-22-9-1-20(2-10-22)26(21-3-11-23(28)12-4-21)17-29-24-13-5-18(6-14-24)19-7-15-25(16-8-19)30(31)32;1-5(2,3)4/h1-4,7-12,15-16,18,24,26,29H,5-6,13-14,17H2,(H,31,32);(H2,1,2,3,4)/q+1;. The average molecular weight is 536 g/mol. The smallest absolute Gasteiger partial charge is 0.313 e. The first kappa shape index (κ1) is 28.3. The lowest BCUT2D eigenvalue weighted by Crippen LogP contribution is -2.35. The quantitative estimate of drug-likeness (QED) is 0.230. The summed E-state index contributed by atoms with van der Waals surface area (Å²) in [5, 5.41) is 12.7. The summed E-state index contributed by atoms with van der Waals surface area (Å²) in [7, 11) is -4.67. The highest BCUT2D eigenvalue weighted by Gasteiger charge is 2.24. The predicted molar refractivity (Wildman–Crippen MR) is 133 cm³/mol. The number of hydrogen-bond donors (Lipinski definition) is 4. The molecule has 1 fully saturated rings. The fraction of sp³-hybridized carbons (Fsp3) is 0.308. The number of halogens is 2. The Kier molecular flexibility index (Phi) is 9.81. The molecule has 0 radical (unpaired) electrons. The normalized spacial score (nSPS) is 17.6. The zero-order valence-corrected chi connectivity index (χ0v) is 20.7. The Hall–Kier alpha value is -3.25. The van der Waals surface area contributed by atoms with E-state index in [-0.39, 0.29) is 28.2 Å². The van der Waals surface area contributed by atoms with E-state index in [1.807, 2.05) is 12.1 Å². The number of rotatable bonds is 7. The number of hydrogen-bond acceptors (Lipinski definition) is 4. The SMILES string of the molecule is O=S(=O)(O)O.O=[N+](O)c1ccc(C2CCC(NCC(c3ccc(F)cc3)c3ccc(F)cc3)CC2)cc1. The van der Waals surface area contributed by atoms with E-state index in [0.717, 1.165) is 36.8 Å². The fourth-order valence-corrected chi connectivity index (χ4v) is 4.61. The van der Waals surface area contributed by atoms with Crippen molar-refractivity contribution in [2.75, 3.05) is 6.54 Å². The second-order valence-corrected chi connectivity index (χ2v) is 9.82. The summed E-state index contributed by atoms with van der Waals surface area (Å²) < 4.78 is 58.4. The summed E-state index contributed by atoms with van der Waals surface area (Å²) >= 11 is 0. The molecule has 3 aromatic carbocycles. The Morgan fingerprint density at radius 2 is 1.24 bits per heavy atom. The molecule has 0 atom stereocenters. The number of nitrogens with zero attached hydrogens (tertiary/aromatic N) is 1. The first-order valence-corrected chi connectivity index (χ1v) is 13.1. The van der Waals surface area contributed by atoms with Crippen molar-refractivity contribution in [3.63, 3.8) is 0 Å². The van der Waals surface area contributed by atoms with Crippen LogP contribution in [0.25, 0.3) is 0 Å². The Bertz CT molecular complexity index is 1210. The molecule has 0 bridgehead atoms. The van der Waals surface area contributed by atoms with Gasteiger partial charge in [-0.05, 0) is 72.6 Å². The van der Waals surface area contributed by atoms with E-state index in [9.17, 15) is 13.7 Å². The fourth-order valence-electron chi connectivity index (χ4n) is 4.61. The summed E-state index contributed by atoms with van der Waals surface area (Å²) in [5.74, 6) is -0.0957. The molecule has 0 saturated heterocycles. The first-order valence-electron chi connectivity index (χ1n) is 11.7. The Labute approximate surface area is 214 Å². The first-order chi connectivity index (χ1) is 17.5. The highest BCUT2D eigenvalue weighted by atomic mass is 32.3. The summed E-state index contributed by atoms with van der Waals surface area (Å²) in [6.07, 6.45) is 4.13. The van der Waals surface area contributed by atoms with E-state index in [4.69, 9.17) is 22.7 Å². The van der Waals surface area contributed by atoms with Crippen LogP contribution in [0.2, 0.25) is 0 Å². The van der Waals surface area contributed by atoms with Crippen molar-refractivity contribution in [1.82, 2.24) is 5.32 Å². The molecule has 1 aliphatic carbocycles. The van der Waals surface area contributed by atoms with Gasteiger partial charge in [0.25, 0.3) is 4.92 Å². The molecule has 0 aromatic heterocycles. The molecule has 198 valence electrons. The van der Waals surface area contributed by atoms with Crippen molar-refractivity contribution < 1.29 is 36.4 Å². The van der Waals surface area contributed by atoms with Gasteiger partial charge in [-0.3, -0.25) is 9.11 Å². The molecule has 8 nitrogen and oxygen atoms in total. The van der Waals surface area contributed by atoms with E-state index in [2.05, 4.69) is 5.32 Å². The van der Waals surface area contributed by atoms with Crippen LogP contribution in [-0.4, -0.2) is 40.2 Å². The maximum atomic E-state index is 13.4. The molecular weight excluding hydrogens is 506 g/mol. The highest BCUT2D eigenvalue weighted by molar-refractivity contribution is 7.79. The van der Waals surface area contributed by atoms with Crippen molar-refractivity contribution in [3.05, 3.63) is 106 Å². The highest BCUT2D eigenvalue weighted by Crippen LogP contribution is 2.34. The predicted octanol–water partition coefficient (Wildman–Crippen LogP) is 5.56. The topological polar surface area (TPSA) is 127 Å². The minimum Gasteiger partial charge on any atom is -0.313 e. The molecule has 1 saturated carbocycles. The average Bonchev–Trinajstić information content (AvgIpc) is 2.86. The third-order valence-electron chi connectivity index (χ3n) is 6.47. The zero-order valence-electron chi connectivity index (χ0n) is 19.9. The van der Waals surface area contributed by atoms with Crippen molar-refractivity contribution >= 4 is 16.1 Å². The Morgan fingerprint density at radius 1 is 0.811 bits per heavy atom. The zero-order chi connectivity index (χ0) is 27.0. The molecule has 0 spiro atoms. The van der Waals surface area contributed by atoms with Crippen molar-refractivity contribution in [2.24, 2.45) is 0 Å². The number of benzene rings is 3. The maximum absolute atomic E-state index is 13.4. The molecule has 3 aromatic rings. The lowest BCUT2D eigenvalue weighted by molar-refractivity contribution is -0.729. The van der Waals surface area contributed by atoms with Crippen LogP contribution in [0.3, 0.4) is 0 Å². The van der Waals surface area contributed by atoms with E-state index >= 15 is 0 Å². The Balaban J connectivity index is 0.000000695. The third-order valence-corrected chi connectivity index (χ3v) is 6.47. The third kappa shape index (κ3) is 9.29. The van der Waals surface area contributed by atoms with Gasteiger partial charge in [-0.15, -0.1) is 0 Å². The van der Waals surface area contributed by atoms with Crippen molar-refractivity contribution in [2.45, 2.75) is 43.6 Å². The molecule has 0 heterocycles. The van der Waals surface area contributed by atoms with Crippen LogP contribution in [0.15, 0.2) is 72.8 Å². The van der Waals surface area contributed by atoms with Crippen LogP contribution < -0.4 is 5.32 Å². The van der Waals surface area contributed by atoms with Crippen molar-refractivity contribution in [1.29, 1.82) is 0 Å². The summed E-state index contributed by atoms with van der Waals surface area (Å²) in [4.78, 5) is 10.8. The molecule has 37 heavy (non-hydrogen) atoms. The van der Waals surface area contributed by atoms with Crippen LogP contribution in [0.5, 0.6) is 0 Å². The van der Waals surface area contributed by atoms with Crippen molar-refractivity contribution in [3.8, 4) is 0 Å². The molecule has 4 rings (SSSR count). The second kappa shape index (κ2) is 12.8. The maximum Gasteiger partial charge on any atom is 0.394 e. The van der Waals surface area contributed by atoms with Gasteiger partial charge in [-0.2, -0.15) is 8.42 Å². The summed E-state index contributed by atoms with van der Waals surface area (Å²) in [5.41, 5.74) is 3.41. The molecule has 0 amide bonds. The largest absolute Gasteiger partial charge is 0.394 e. The van der Waals surface area contributed by atoms with Gasteiger partial charge in [-0.1, -0.05) is 36.4 Å². The molecule has 11 heteroatoms. The van der Waals surface area contributed by atoms with Gasteiger partial charge in [0.1, 0.15) is 11.6 Å². The summed E-state index contributed by atoms with van der Waals surface area (Å²) in [6.45, 7) is 0.692. The van der Waals surface area contributed by atoms with E-state index < -0.39 is 10.4 Å². The minimum absolute atomic E-state index is 0.00925. The van der Waals surface area contributed by atoms with E-state index in [1.54, 1.807) is 36.4 Å². The van der Waals surface area contributed by atoms with E-state index in [1.165, 1.54) is 29.8 Å². The lowest BCUT2D eigenvalue weighted by atomic mass is 9.81. The minimum atomic E-state index is -4.67.